The molecule has 0 bridgehead atoms. The van der Waals surface area contributed by atoms with Crippen LogP contribution in [-0.4, -0.2) is 53.1 Å². The van der Waals surface area contributed by atoms with Gasteiger partial charge in [0, 0.05) is 0 Å². The normalized spacial score (nSPS) is 13.6. The molecule has 0 radical (unpaired) electrons. The molecule has 0 aliphatic carbocycles. The van der Waals surface area contributed by atoms with E-state index >= 15 is 0 Å². The second-order valence-corrected chi connectivity index (χ2v) is 7.93. The Morgan fingerprint density at radius 3 is 0.941 bits per heavy atom. The van der Waals surface area contributed by atoms with Crippen LogP contribution in [0, 0.1) is 0 Å². The summed E-state index contributed by atoms with van der Waals surface area (Å²) in [5.74, 6) is 0. The Hall–Kier alpha value is 1.10. The summed E-state index contributed by atoms with van der Waals surface area (Å²) in [7, 11) is -14.0. The fraction of sp³-hybridized carbons (Fsp3) is 1.00. The van der Waals surface area contributed by atoms with E-state index in [4.69, 9.17) is 29.4 Å². The molecule has 17 heavy (non-hydrogen) atoms. The summed E-state index contributed by atoms with van der Waals surface area (Å²) in [5, 5.41) is 0. The Balaban J connectivity index is 0. The van der Waals surface area contributed by atoms with Crippen LogP contribution in [0.15, 0.2) is 0 Å². The molecular weight excluding hydrogens is 482 g/mol. The molecule has 14 heteroatoms. The summed E-state index contributed by atoms with van der Waals surface area (Å²) in [6.07, 6.45) is -3.41. The van der Waals surface area contributed by atoms with E-state index in [2.05, 4.69) is 0 Å². The van der Waals surface area contributed by atoms with Gasteiger partial charge in [0.15, 0.2) is 0 Å². The van der Waals surface area contributed by atoms with Crippen LogP contribution in [0.5, 0.6) is 0 Å². The molecule has 0 unspecified atom stereocenters. The molecule has 0 saturated heterocycles. The first-order valence-corrected chi connectivity index (χ1v) is 9.04. The van der Waals surface area contributed by atoms with Crippen LogP contribution in [0.25, 0.3) is 0 Å². The second kappa shape index (κ2) is 7.03. The number of rotatable bonds is 6. The summed E-state index contributed by atoms with van der Waals surface area (Å²) in [4.78, 5) is 51.6. The first-order valence-electron chi connectivity index (χ1n) is 3.65. The molecule has 0 rings (SSSR count). The first kappa shape index (κ1) is 20.4. The molecular formula is C3H12NO9P3Pt+2. The monoisotopic (exact) mass is 494 g/mol. The molecule has 0 aromatic heterocycles. The summed E-state index contributed by atoms with van der Waals surface area (Å²) >= 11 is 0. The molecule has 0 fully saturated rings. The quantitative estimate of drug-likeness (QED) is 0.243. The molecule has 0 saturated carbocycles. The van der Waals surface area contributed by atoms with Crippen molar-refractivity contribution in [2.24, 2.45) is 0 Å². The van der Waals surface area contributed by atoms with Crippen molar-refractivity contribution in [2.45, 2.75) is 0 Å². The van der Waals surface area contributed by atoms with Gasteiger partial charge in [-0.25, -0.2) is 0 Å². The van der Waals surface area contributed by atoms with Crippen molar-refractivity contribution in [3.05, 3.63) is 0 Å². The van der Waals surface area contributed by atoms with Crippen LogP contribution < -0.4 is 0 Å². The van der Waals surface area contributed by atoms with Crippen LogP contribution in [0.4, 0.5) is 0 Å². The van der Waals surface area contributed by atoms with Crippen molar-refractivity contribution >= 4 is 22.8 Å². The van der Waals surface area contributed by atoms with Gasteiger partial charge >= 0.3 is 43.9 Å². The second-order valence-electron chi connectivity index (χ2n) is 3.09. The van der Waals surface area contributed by atoms with Crippen LogP contribution in [0.2, 0.25) is 0 Å². The topological polar surface area (TPSA) is 176 Å². The zero-order chi connectivity index (χ0) is 13.2. The van der Waals surface area contributed by atoms with Crippen LogP contribution >= 0.6 is 22.8 Å². The Labute approximate surface area is 111 Å². The zero-order valence-electron chi connectivity index (χ0n) is 8.13. The minimum atomic E-state index is -4.65. The van der Waals surface area contributed by atoms with Gasteiger partial charge < -0.3 is 29.4 Å². The predicted molar refractivity (Wildman–Crippen MR) is 52.6 cm³/mol. The van der Waals surface area contributed by atoms with Gasteiger partial charge in [0.2, 0.25) is 0 Å². The molecule has 6 N–H and O–H groups in total. The van der Waals surface area contributed by atoms with Gasteiger partial charge in [-0.3, -0.25) is 18.6 Å². The van der Waals surface area contributed by atoms with Gasteiger partial charge in [-0.2, -0.15) is 0 Å². The van der Waals surface area contributed by atoms with E-state index in [-0.39, 0.29) is 21.1 Å². The van der Waals surface area contributed by atoms with Gasteiger partial charge in [0.25, 0.3) is 0 Å². The smallest absolute Gasteiger partial charge is 0.324 e. The SMILES string of the molecule is O=P(O)(O)CN(CP(=O)(O)O)CP(=O)(O)O.[Pt+2]. The molecule has 106 valence electrons. The van der Waals surface area contributed by atoms with Gasteiger partial charge in [0.1, 0.15) is 18.9 Å². The van der Waals surface area contributed by atoms with E-state index in [1.807, 2.05) is 0 Å². The third-order valence-electron chi connectivity index (χ3n) is 1.15. The van der Waals surface area contributed by atoms with Crippen LogP contribution in [0.3, 0.4) is 0 Å². The fourth-order valence-electron chi connectivity index (χ4n) is 0.916. The third-order valence-corrected chi connectivity index (χ3v) is 3.46. The zero-order valence-corrected chi connectivity index (χ0v) is 13.1. The van der Waals surface area contributed by atoms with Gasteiger partial charge in [-0.15, -0.1) is 0 Å². The summed E-state index contributed by atoms with van der Waals surface area (Å²) in [6, 6.07) is 0. The van der Waals surface area contributed by atoms with Crippen molar-refractivity contribution in [3.8, 4) is 0 Å². The van der Waals surface area contributed by atoms with Gasteiger partial charge in [0.05, 0.1) is 0 Å². The molecule has 0 aliphatic rings. The van der Waals surface area contributed by atoms with E-state index in [0.717, 1.165) is 0 Å². The maximum atomic E-state index is 10.6. The average molecular weight is 494 g/mol. The standard InChI is InChI=1S/C3H12NO9P3.Pt/c5-14(6,7)1-4(2-15(8,9)10)3-16(11,12)13;/h1-3H2,(H2,5,6,7)(H2,8,9,10)(H2,11,12,13);/q;+2. The van der Waals surface area contributed by atoms with E-state index < -0.39 is 41.6 Å². The maximum Gasteiger partial charge on any atom is 2.00 e. The van der Waals surface area contributed by atoms with Gasteiger partial charge in [-0.1, -0.05) is 0 Å². The molecule has 0 aromatic carbocycles. The fourth-order valence-corrected chi connectivity index (χ4v) is 3.55. The maximum absolute atomic E-state index is 10.6. The number of hydrogen-bond acceptors (Lipinski definition) is 4. The Morgan fingerprint density at radius 1 is 0.647 bits per heavy atom. The Kier molecular flexibility index (Phi) is 8.45. The molecule has 0 aliphatic heterocycles. The molecule has 0 atom stereocenters. The molecule has 0 spiro atoms. The summed E-state index contributed by atoms with van der Waals surface area (Å²) < 4.78 is 31.7. The van der Waals surface area contributed by atoms with Gasteiger partial charge in [-0.05, 0) is 0 Å². The van der Waals surface area contributed by atoms with E-state index in [9.17, 15) is 13.7 Å². The Morgan fingerprint density at radius 2 is 0.824 bits per heavy atom. The van der Waals surface area contributed by atoms with Crippen molar-refractivity contribution in [2.75, 3.05) is 18.9 Å². The van der Waals surface area contributed by atoms with Crippen molar-refractivity contribution in [3.63, 3.8) is 0 Å². The minimum absolute atomic E-state index is 0. The predicted octanol–water partition coefficient (Wildman–Crippen LogP) is -1.31. The molecule has 0 heterocycles. The van der Waals surface area contributed by atoms with Crippen molar-refractivity contribution < 1.29 is 64.1 Å². The van der Waals surface area contributed by atoms with E-state index in [1.165, 1.54) is 0 Å². The summed E-state index contributed by atoms with van der Waals surface area (Å²) in [5.41, 5.74) is 0. The van der Waals surface area contributed by atoms with E-state index in [1.54, 1.807) is 0 Å². The number of nitrogens with zero attached hydrogens (tertiary/aromatic N) is 1. The van der Waals surface area contributed by atoms with E-state index in [0.29, 0.717) is 4.90 Å². The summed E-state index contributed by atoms with van der Waals surface area (Å²) in [6.45, 7) is 0. The number of hydrogen-bond donors (Lipinski definition) is 6. The minimum Gasteiger partial charge on any atom is -0.324 e. The molecule has 0 amide bonds. The largest absolute Gasteiger partial charge is 2.00 e. The van der Waals surface area contributed by atoms with Crippen molar-refractivity contribution in [1.29, 1.82) is 0 Å². The molecule has 0 aromatic rings. The first-order chi connectivity index (χ1) is 6.79. The molecule has 10 nitrogen and oxygen atoms in total. The average Bonchev–Trinajstić information content (AvgIpc) is 1.70. The Bertz CT molecular complexity index is 311. The van der Waals surface area contributed by atoms with Crippen LogP contribution in [-0.2, 0) is 34.8 Å². The van der Waals surface area contributed by atoms with Crippen molar-refractivity contribution in [1.82, 2.24) is 4.90 Å². The van der Waals surface area contributed by atoms with Crippen LogP contribution in [0.1, 0.15) is 0 Å². The third kappa shape index (κ3) is 15.0.